The van der Waals surface area contributed by atoms with Gasteiger partial charge < -0.3 is 5.73 Å². The number of nitrogens with zero attached hydrogens (tertiary/aromatic N) is 1. The van der Waals surface area contributed by atoms with E-state index in [2.05, 4.69) is 4.98 Å². The maximum Gasteiger partial charge on any atom is 0.176 e. The van der Waals surface area contributed by atoms with Crippen molar-refractivity contribution in [3.05, 3.63) is 16.1 Å². The van der Waals surface area contributed by atoms with Gasteiger partial charge in [-0.25, -0.2) is 4.98 Å². The van der Waals surface area contributed by atoms with Crippen molar-refractivity contribution in [3.8, 4) is 0 Å². The number of hydrogen-bond donors (Lipinski definition) is 1. The number of carbonyl (C=O) groups excluding carboxylic acids is 1. The highest BCUT2D eigenvalue weighted by Gasteiger charge is 2.40. The van der Waals surface area contributed by atoms with Crippen LogP contribution in [-0.2, 0) is 0 Å². The van der Waals surface area contributed by atoms with E-state index in [1.54, 1.807) is 6.20 Å². The third-order valence-electron chi connectivity index (χ3n) is 2.30. The van der Waals surface area contributed by atoms with E-state index in [0.29, 0.717) is 6.42 Å². The minimum absolute atomic E-state index is 0.144. The van der Waals surface area contributed by atoms with Crippen molar-refractivity contribution in [1.82, 2.24) is 4.98 Å². The smallest absolute Gasteiger partial charge is 0.176 e. The van der Waals surface area contributed by atoms with Crippen LogP contribution in [0.1, 0.15) is 33.9 Å². The van der Waals surface area contributed by atoms with Crippen LogP contribution >= 0.6 is 11.3 Å². The van der Waals surface area contributed by atoms with Crippen molar-refractivity contribution in [2.75, 3.05) is 0 Å². The molecule has 2 rings (SSSR count). The number of aromatic nitrogens is 1. The highest BCUT2D eigenvalue weighted by Crippen LogP contribution is 2.36. The molecule has 70 valence electrons. The molecule has 0 aromatic carbocycles. The Kier molecular flexibility index (Phi) is 1.96. The molecule has 2 N–H and O–H groups in total. The van der Waals surface area contributed by atoms with E-state index in [0.717, 1.165) is 22.7 Å². The summed E-state index contributed by atoms with van der Waals surface area (Å²) in [5.41, 5.74) is 5.67. The molecule has 1 aromatic heterocycles. The number of thiazole rings is 1. The van der Waals surface area contributed by atoms with Crippen LogP contribution in [0.3, 0.4) is 0 Å². The lowest BCUT2D eigenvalue weighted by atomic mass is 10.1. The van der Waals surface area contributed by atoms with Gasteiger partial charge in [-0.15, -0.1) is 11.3 Å². The molecular formula is C9H12N2OS. The molecule has 0 amide bonds. The molecule has 13 heavy (non-hydrogen) atoms. The zero-order chi connectivity index (χ0) is 9.47. The highest BCUT2D eigenvalue weighted by molar-refractivity contribution is 7.13. The second kappa shape index (κ2) is 2.89. The molecule has 1 heterocycles. The van der Waals surface area contributed by atoms with E-state index < -0.39 is 0 Å². The van der Waals surface area contributed by atoms with Crippen LogP contribution in [0.25, 0.3) is 0 Å². The molecule has 0 saturated heterocycles. The van der Waals surface area contributed by atoms with E-state index in [4.69, 9.17) is 5.73 Å². The van der Waals surface area contributed by atoms with E-state index in [-0.39, 0.29) is 11.3 Å². The van der Waals surface area contributed by atoms with Crippen LogP contribution in [0.4, 0.5) is 0 Å². The zero-order valence-corrected chi connectivity index (χ0v) is 8.36. The van der Waals surface area contributed by atoms with Crippen LogP contribution in [0.2, 0.25) is 0 Å². The van der Waals surface area contributed by atoms with Crippen LogP contribution in [0.5, 0.6) is 0 Å². The van der Waals surface area contributed by atoms with Crippen molar-refractivity contribution in [3.63, 3.8) is 0 Å². The number of ketones is 1. The Bertz CT molecular complexity index is 341. The number of carbonyl (C=O) groups is 1. The lowest BCUT2D eigenvalue weighted by Crippen LogP contribution is -2.25. The number of Topliss-reactive ketones (excluding diaryl/α,β-unsaturated/α-hetero) is 1. The second-order valence-electron chi connectivity index (χ2n) is 3.71. The molecule has 0 atom stereocenters. The molecule has 3 nitrogen and oxygen atoms in total. The summed E-state index contributed by atoms with van der Waals surface area (Å²) in [6.07, 6.45) is 4.09. The Balaban J connectivity index is 2.05. The maximum atomic E-state index is 11.6. The van der Waals surface area contributed by atoms with Crippen molar-refractivity contribution in [1.29, 1.82) is 0 Å². The van der Waals surface area contributed by atoms with Crippen LogP contribution in [0, 0.1) is 6.92 Å². The highest BCUT2D eigenvalue weighted by atomic mass is 32.1. The largest absolute Gasteiger partial charge is 0.325 e. The number of hydrogen-bond acceptors (Lipinski definition) is 4. The maximum absolute atomic E-state index is 11.6. The Morgan fingerprint density at radius 3 is 2.92 bits per heavy atom. The summed E-state index contributed by atoms with van der Waals surface area (Å²) < 4.78 is 0. The van der Waals surface area contributed by atoms with Crippen molar-refractivity contribution >= 4 is 17.1 Å². The second-order valence-corrected chi connectivity index (χ2v) is 4.94. The summed E-state index contributed by atoms with van der Waals surface area (Å²) in [6.45, 7) is 1.90. The van der Waals surface area contributed by atoms with Gasteiger partial charge >= 0.3 is 0 Å². The van der Waals surface area contributed by atoms with Gasteiger partial charge in [0.15, 0.2) is 5.78 Å². The molecule has 0 bridgehead atoms. The first-order valence-corrected chi connectivity index (χ1v) is 5.15. The fraction of sp³-hybridized carbons (Fsp3) is 0.556. The molecule has 1 aliphatic rings. The predicted molar refractivity (Wildman–Crippen MR) is 52.0 cm³/mol. The summed E-state index contributed by atoms with van der Waals surface area (Å²) in [7, 11) is 0. The van der Waals surface area contributed by atoms with E-state index in [9.17, 15) is 4.79 Å². The van der Waals surface area contributed by atoms with E-state index >= 15 is 0 Å². The van der Waals surface area contributed by atoms with Gasteiger partial charge in [-0.2, -0.15) is 0 Å². The standard InChI is InChI=1S/C9H12N2OS/c1-6-11-5-8(13-6)7(12)4-9(10)2-3-9/h5H,2-4,10H2,1H3. The SMILES string of the molecule is Cc1ncc(C(=O)CC2(N)CC2)s1. The van der Waals surface area contributed by atoms with E-state index in [1.165, 1.54) is 11.3 Å². The summed E-state index contributed by atoms with van der Waals surface area (Å²) in [5.74, 6) is 0.144. The lowest BCUT2D eigenvalue weighted by Gasteiger charge is -2.04. The molecular weight excluding hydrogens is 184 g/mol. The fourth-order valence-electron chi connectivity index (χ4n) is 1.23. The van der Waals surface area contributed by atoms with Gasteiger partial charge in [-0.3, -0.25) is 4.79 Å². The molecule has 1 aliphatic carbocycles. The Hall–Kier alpha value is -0.740. The van der Waals surface area contributed by atoms with Gasteiger partial charge in [0, 0.05) is 18.2 Å². The summed E-state index contributed by atoms with van der Waals surface area (Å²) in [6, 6.07) is 0. The quantitative estimate of drug-likeness (QED) is 0.746. The minimum Gasteiger partial charge on any atom is -0.325 e. The summed E-state index contributed by atoms with van der Waals surface area (Å²) >= 11 is 1.45. The van der Waals surface area contributed by atoms with E-state index in [1.807, 2.05) is 6.92 Å². The molecule has 0 spiro atoms. The van der Waals surface area contributed by atoms with Crippen LogP contribution in [-0.4, -0.2) is 16.3 Å². The van der Waals surface area contributed by atoms with Gasteiger partial charge in [0.05, 0.1) is 9.88 Å². The van der Waals surface area contributed by atoms with Gasteiger partial charge in [-0.05, 0) is 19.8 Å². The number of nitrogens with two attached hydrogens (primary N) is 1. The Labute approximate surface area is 81.0 Å². The first-order chi connectivity index (χ1) is 6.09. The fourth-order valence-corrected chi connectivity index (χ4v) is 1.95. The normalized spacial score (nSPS) is 18.6. The summed E-state index contributed by atoms with van der Waals surface area (Å²) in [5, 5.41) is 0.935. The Morgan fingerprint density at radius 2 is 2.46 bits per heavy atom. The van der Waals surface area contributed by atoms with Crippen LogP contribution < -0.4 is 5.73 Å². The Morgan fingerprint density at radius 1 is 1.77 bits per heavy atom. The monoisotopic (exact) mass is 196 g/mol. The topological polar surface area (TPSA) is 56.0 Å². The third kappa shape index (κ3) is 1.95. The predicted octanol–water partition coefficient (Wildman–Crippen LogP) is 1.52. The first-order valence-electron chi connectivity index (χ1n) is 4.34. The molecule has 0 radical (unpaired) electrons. The third-order valence-corrected chi connectivity index (χ3v) is 3.25. The lowest BCUT2D eigenvalue weighted by molar-refractivity contribution is 0.0975. The number of rotatable bonds is 3. The average molecular weight is 196 g/mol. The molecule has 1 aromatic rings. The van der Waals surface area contributed by atoms with Gasteiger partial charge in [0.1, 0.15) is 0 Å². The molecule has 4 heteroatoms. The van der Waals surface area contributed by atoms with Crippen molar-refractivity contribution < 1.29 is 4.79 Å². The van der Waals surface area contributed by atoms with Gasteiger partial charge in [0.25, 0.3) is 0 Å². The number of aryl methyl sites for hydroxylation is 1. The average Bonchev–Trinajstić information content (AvgIpc) is 2.62. The molecule has 0 aliphatic heterocycles. The van der Waals surface area contributed by atoms with Gasteiger partial charge in [0.2, 0.25) is 0 Å². The minimum atomic E-state index is -0.186. The van der Waals surface area contributed by atoms with Gasteiger partial charge in [-0.1, -0.05) is 0 Å². The zero-order valence-electron chi connectivity index (χ0n) is 7.54. The molecule has 0 unspecified atom stereocenters. The first kappa shape index (κ1) is 8.84. The molecule has 1 fully saturated rings. The van der Waals surface area contributed by atoms with Crippen molar-refractivity contribution in [2.24, 2.45) is 5.73 Å². The van der Waals surface area contributed by atoms with Crippen molar-refractivity contribution in [2.45, 2.75) is 31.7 Å². The summed E-state index contributed by atoms with van der Waals surface area (Å²) in [4.78, 5) is 16.4. The van der Waals surface area contributed by atoms with Crippen LogP contribution in [0.15, 0.2) is 6.20 Å². The molecule has 1 saturated carbocycles.